The van der Waals surface area contributed by atoms with E-state index < -0.39 is 6.04 Å². The van der Waals surface area contributed by atoms with Gasteiger partial charge < -0.3 is 20.5 Å². The fraction of sp³-hybridized carbons (Fsp3) is 0.533. The maximum absolute atomic E-state index is 11.7. The lowest BCUT2D eigenvalue weighted by atomic mass is 10.2. The molecule has 6 heteroatoms. The van der Waals surface area contributed by atoms with E-state index in [2.05, 4.69) is 19.2 Å². The fourth-order valence-corrected chi connectivity index (χ4v) is 1.62. The molecule has 0 bridgehead atoms. The lowest BCUT2D eigenvalue weighted by molar-refractivity contribution is -0.123. The maximum Gasteiger partial charge on any atom is 0.239 e. The molecule has 1 aromatic rings. The third kappa shape index (κ3) is 7.32. The van der Waals surface area contributed by atoms with Gasteiger partial charge >= 0.3 is 0 Å². The quantitative estimate of drug-likeness (QED) is 0.766. The van der Waals surface area contributed by atoms with Crippen LogP contribution in [0.3, 0.4) is 0 Å². The minimum Gasteiger partial charge on any atom is -0.493 e. The van der Waals surface area contributed by atoms with E-state index in [-0.39, 0.29) is 24.9 Å². The first kappa shape index (κ1) is 19.7. The monoisotopic (exact) mass is 316 g/mol. The molecule has 0 saturated heterocycles. The lowest BCUT2D eigenvalue weighted by Crippen LogP contribution is -2.43. The Morgan fingerprint density at radius 1 is 1.29 bits per heavy atom. The van der Waals surface area contributed by atoms with Gasteiger partial charge in [0, 0.05) is 19.2 Å². The van der Waals surface area contributed by atoms with E-state index in [0.29, 0.717) is 19.1 Å². The van der Waals surface area contributed by atoms with Crippen LogP contribution in [-0.4, -0.2) is 32.3 Å². The van der Waals surface area contributed by atoms with Gasteiger partial charge in [-0.1, -0.05) is 32.0 Å². The van der Waals surface area contributed by atoms with Crippen molar-refractivity contribution in [2.24, 2.45) is 11.7 Å². The third-order valence-corrected chi connectivity index (χ3v) is 2.68. The van der Waals surface area contributed by atoms with Gasteiger partial charge in [0.15, 0.2) is 0 Å². The van der Waals surface area contributed by atoms with Gasteiger partial charge in [-0.25, -0.2) is 0 Å². The van der Waals surface area contributed by atoms with Gasteiger partial charge in [0.1, 0.15) is 11.8 Å². The van der Waals surface area contributed by atoms with Gasteiger partial charge in [-0.15, -0.1) is 12.4 Å². The molecule has 21 heavy (non-hydrogen) atoms. The minimum atomic E-state index is -0.649. The largest absolute Gasteiger partial charge is 0.493 e. The molecular weight excluding hydrogens is 292 g/mol. The van der Waals surface area contributed by atoms with Crippen molar-refractivity contribution in [2.45, 2.75) is 26.4 Å². The van der Waals surface area contributed by atoms with Gasteiger partial charge in [0.25, 0.3) is 0 Å². The molecule has 0 fully saturated rings. The Hall–Kier alpha value is -1.30. The summed E-state index contributed by atoms with van der Waals surface area (Å²) in [5, 5.41) is 2.79. The number of carbonyl (C=O) groups is 1. The second-order valence-electron chi connectivity index (χ2n) is 5.09. The Bertz CT molecular complexity index is 427. The van der Waals surface area contributed by atoms with Crippen LogP contribution in [0.4, 0.5) is 0 Å². The SMILES string of the molecule is COCC(N)C(=O)NCc1ccccc1OCC(C)C.Cl. The summed E-state index contributed by atoms with van der Waals surface area (Å²) in [7, 11) is 1.52. The average molecular weight is 317 g/mol. The molecule has 0 aliphatic heterocycles. The predicted molar refractivity (Wildman–Crippen MR) is 85.7 cm³/mol. The molecule has 0 radical (unpaired) electrons. The Balaban J connectivity index is 0.00000400. The molecule has 120 valence electrons. The number of carbonyl (C=O) groups excluding carboxylic acids is 1. The predicted octanol–water partition coefficient (Wildman–Crippen LogP) is 1.73. The summed E-state index contributed by atoms with van der Waals surface area (Å²) in [6.45, 7) is 5.43. The van der Waals surface area contributed by atoms with Crippen LogP contribution in [0.25, 0.3) is 0 Å². The first-order chi connectivity index (χ1) is 9.54. The molecule has 0 spiro atoms. The summed E-state index contributed by atoms with van der Waals surface area (Å²) in [5.41, 5.74) is 6.60. The van der Waals surface area contributed by atoms with Crippen molar-refractivity contribution in [3.8, 4) is 5.75 Å². The summed E-state index contributed by atoms with van der Waals surface area (Å²) in [6, 6.07) is 7.01. The highest BCUT2D eigenvalue weighted by Crippen LogP contribution is 2.18. The maximum atomic E-state index is 11.7. The molecule has 0 heterocycles. The fourth-order valence-electron chi connectivity index (χ4n) is 1.62. The van der Waals surface area contributed by atoms with E-state index >= 15 is 0 Å². The Kier molecular flexibility index (Phi) is 9.78. The first-order valence-corrected chi connectivity index (χ1v) is 6.77. The van der Waals surface area contributed by atoms with E-state index in [1.807, 2.05) is 24.3 Å². The zero-order valence-corrected chi connectivity index (χ0v) is 13.6. The average Bonchev–Trinajstić information content (AvgIpc) is 2.43. The van der Waals surface area contributed by atoms with Crippen LogP contribution in [-0.2, 0) is 16.1 Å². The number of nitrogens with two attached hydrogens (primary N) is 1. The van der Waals surface area contributed by atoms with Crippen molar-refractivity contribution in [1.82, 2.24) is 5.32 Å². The zero-order chi connectivity index (χ0) is 15.0. The number of amides is 1. The minimum absolute atomic E-state index is 0. The van der Waals surface area contributed by atoms with E-state index in [1.54, 1.807) is 0 Å². The number of ether oxygens (including phenoxy) is 2. The number of nitrogens with one attached hydrogen (secondary N) is 1. The van der Waals surface area contributed by atoms with Crippen LogP contribution >= 0.6 is 12.4 Å². The molecular formula is C15H25ClN2O3. The van der Waals surface area contributed by atoms with E-state index in [0.717, 1.165) is 11.3 Å². The Morgan fingerprint density at radius 2 is 1.95 bits per heavy atom. The summed E-state index contributed by atoms with van der Waals surface area (Å²) >= 11 is 0. The molecule has 3 N–H and O–H groups in total. The van der Waals surface area contributed by atoms with Crippen molar-refractivity contribution in [2.75, 3.05) is 20.3 Å². The molecule has 1 amide bonds. The van der Waals surface area contributed by atoms with Crippen LogP contribution in [0.5, 0.6) is 5.75 Å². The Morgan fingerprint density at radius 3 is 2.57 bits per heavy atom. The summed E-state index contributed by atoms with van der Waals surface area (Å²) < 4.78 is 10.6. The summed E-state index contributed by atoms with van der Waals surface area (Å²) in [5.74, 6) is 1.01. The Labute approximate surface area is 132 Å². The number of para-hydroxylation sites is 1. The van der Waals surface area contributed by atoms with E-state index in [9.17, 15) is 4.79 Å². The molecule has 0 saturated carbocycles. The van der Waals surface area contributed by atoms with Crippen LogP contribution in [0.1, 0.15) is 19.4 Å². The highest BCUT2D eigenvalue weighted by Gasteiger charge is 2.13. The number of rotatable bonds is 8. The smallest absolute Gasteiger partial charge is 0.239 e. The summed E-state index contributed by atoms with van der Waals surface area (Å²) in [4.78, 5) is 11.7. The lowest BCUT2D eigenvalue weighted by Gasteiger charge is -2.15. The molecule has 0 aromatic heterocycles. The van der Waals surface area contributed by atoms with Crippen molar-refractivity contribution in [3.05, 3.63) is 29.8 Å². The van der Waals surface area contributed by atoms with Crippen molar-refractivity contribution in [1.29, 1.82) is 0 Å². The second-order valence-corrected chi connectivity index (χ2v) is 5.09. The van der Waals surface area contributed by atoms with Crippen LogP contribution in [0.15, 0.2) is 24.3 Å². The summed E-state index contributed by atoms with van der Waals surface area (Å²) in [6.07, 6.45) is 0. The second kappa shape index (κ2) is 10.4. The van der Waals surface area contributed by atoms with Crippen LogP contribution < -0.4 is 15.8 Å². The van der Waals surface area contributed by atoms with E-state index in [4.69, 9.17) is 15.2 Å². The van der Waals surface area contributed by atoms with Gasteiger partial charge in [0.05, 0.1) is 13.2 Å². The number of methoxy groups -OCH3 is 1. The first-order valence-electron chi connectivity index (χ1n) is 6.77. The number of hydrogen-bond donors (Lipinski definition) is 2. The normalized spacial score (nSPS) is 11.7. The van der Waals surface area contributed by atoms with Gasteiger partial charge in [-0.2, -0.15) is 0 Å². The number of hydrogen-bond acceptors (Lipinski definition) is 4. The van der Waals surface area contributed by atoms with E-state index in [1.165, 1.54) is 7.11 Å². The topological polar surface area (TPSA) is 73.6 Å². The van der Waals surface area contributed by atoms with Crippen molar-refractivity contribution in [3.63, 3.8) is 0 Å². The van der Waals surface area contributed by atoms with Gasteiger partial charge in [-0.3, -0.25) is 4.79 Å². The molecule has 1 rings (SSSR count). The van der Waals surface area contributed by atoms with Crippen LogP contribution in [0, 0.1) is 5.92 Å². The molecule has 1 aromatic carbocycles. The molecule has 5 nitrogen and oxygen atoms in total. The molecule has 0 aliphatic carbocycles. The standard InChI is InChI=1S/C15H24N2O3.ClH/c1-11(2)9-20-14-7-5-4-6-12(14)8-17-15(18)13(16)10-19-3;/h4-7,11,13H,8-10,16H2,1-3H3,(H,17,18);1H. The molecule has 1 unspecified atom stereocenters. The van der Waals surface area contributed by atoms with Gasteiger partial charge in [0.2, 0.25) is 5.91 Å². The zero-order valence-electron chi connectivity index (χ0n) is 12.8. The third-order valence-electron chi connectivity index (χ3n) is 2.68. The van der Waals surface area contributed by atoms with Crippen molar-refractivity contribution >= 4 is 18.3 Å². The van der Waals surface area contributed by atoms with Crippen molar-refractivity contribution < 1.29 is 14.3 Å². The number of benzene rings is 1. The molecule has 1 atom stereocenters. The number of halogens is 1. The highest BCUT2D eigenvalue weighted by molar-refractivity contribution is 5.85. The molecule has 0 aliphatic rings. The highest BCUT2D eigenvalue weighted by atomic mass is 35.5. The van der Waals surface area contributed by atoms with Gasteiger partial charge in [-0.05, 0) is 12.0 Å². The van der Waals surface area contributed by atoms with Crippen LogP contribution in [0.2, 0.25) is 0 Å².